The average Bonchev–Trinajstić information content (AvgIpc) is 2.31. The molecule has 0 saturated heterocycles. The molecule has 0 amide bonds. The van der Waals surface area contributed by atoms with Gasteiger partial charge >= 0.3 is 0 Å². The quantitative estimate of drug-likeness (QED) is 0.387. The van der Waals surface area contributed by atoms with E-state index in [1.807, 2.05) is 0 Å². The molecule has 102 valence electrons. The summed E-state index contributed by atoms with van der Waals surface area (Å²) in [4.78, 5) is 7.95. The van der Waals surface area contributed by atoms with Gasteiger partial charge in [0, 0.05) is 18.7 Å². The van der Waals surface area contributed by atoms with Crippen molar-refractivity contribution in [3.05, 3.63) is 11.9 Å². The van der Waals surface area contributed by atoms with Gasteiger partial charge < -0.3 is 10.7 Å². The summed E-state index contributed by atoms with van der Waals surface area (Å²) in [6.45, 7) is 4.17. The highest BCUT2D eigenvalue weighted by Gasteiger charge is 2.09. The normalized spacial score (nSPS) is 11.3. The van der Waals surface area contributed by atoms with E-state index < -0.39 is 10.0 Å². The van der Waals surface area contributed by atoms with E-state index in [1.165, 1.54) is 6.33 Å². The maximum atomic E-state index is 11.4. The number of hydrogen-bond acceptors (Lipinski definition) is 7. The van der Waals surface area contributed by atoms with E-state index >= 15 is 0 Å². The maximum absolute atomic E-state index is 11.4. The third-order valence-electron chi connectivity index (χ3n) is 2.25. The van der Waals surface area contributed by atoms with Gasteiger partial charge in [0.05, 0.1) is 5.75 Å². The minimum Gasteiger partial charge on any atom is -0.369 e. The Hall–Kier alpha value is -1.45. The first kappa shape index (κ1) is 14.6. The summed E-state index contributed by atoms with van der Waals surface area (Å²) in [5.74, 6) is 6.33. The Morgan fingerprint density at radius 3 is 2.61 bits per heavy atom. The van der Waals surface area contributed by atoms with Crippen LogP contribution in [0.4, 0.5) is 11.6 Å². The lowest BCUT2D eigenvalue weighted by Crippen LogP contribution is -2.29. The van der Waals surface area contributed by atoms with E-state index in [0.29, 0.717) is 18.2 Å². The van der Waals surface area contributed by atoms with Gasteiger partial charge in [0.25, 0.3) is 0 Å². The lowest BCUT2D eigenvalue weighted by molar-refractivity contribution is 0.584. The standard InChI is InChI=1S/C9H18N6O2S/c1-3-14-18(16,17)5-4-11-8-7(2)9(15-10)13-6-12-8/h6,14H,3-5,10H2,1-2H3,(H2,11,12,13,15). The number of nitrogens with zero attached hydrogens (tertiary/aromatic N) is 2. The lowest BCUT2D eigenvalue weighted by atomic mass is 10.3. The topological polar surface area (TPSA) is 122 Å². The lowest BCUT2D eigenvalue weighted by Gasteiger charge is -2.11. The van der Waals surface area contributed by atoms with Crippen LogP contribution in [0.25, 0.3) is 0 Å². The molecule has 5 N–H and O–H groups in total. The number of sulfonamides is 1. The van der Waals surface area contributed by atoms with Crippen molar-refractivity contribution in [3.8, 4) is 0 Å². The first-order chi connectivity index (χ1) is 8.50. The van der Waals surface area contributed by atoms with E-state index in [0.717, 1.165) is 5.56 Å². The zero-order chi connectivity index (χ0) is 13.6. The summed E-state index contributed by atoms with van der Waals surface area (Å²) in [5.41, 5.74) is 3.18. The van der Waals surface area contributed by atoms with Crippen LogP contribution < -0.4 is 21.3 Å². The van der Waals surface area contributed by atoms with Gasteiger partial charge in [0.2, 0.25) is 10.0 Å². The van der Waals surface area contributed by atoms with Crippen molar-refractivity contribution < 1.29 is 8.42 Å². The van der Waals surface area contributed by atoms with Gasteiger partial charge in [0.1, 0.15) is 18.0 Å². The Balaban J connectivity index is 2.60. The number of hydrazine groups is 1. The van der Waals surface area contributed by atoms with Gasteiger partial charge in [-0.3, -0.25) is 0 Å². The summed E-state index contributed by atoms with van der Waals surface area (Å²) < 4.78 is 25.2. The van der Waals surface area contributed by atoms with Crippen LogP contribution in [-0.2, 0) is 10.0 Å². The van der Waals surface area contributed by atoms with Gasteiger partial charge in [-0.05, 0) is 6.92 Å². The molecule has 0 aromatic carbocycles. The highest BCUT2D eigenvalue weighted by atomic mass is 32.2. The number of nitrogen functional groups attached to an aromatic ring is 1. The van der Waals surface area contributed by atoms with Crippen LogP contribution in [-0.4, -0.2) is 37.2 Å². The molecule has 0 saturated carbocycles. The van der Waals surface area contributed by atoms with E-state index in [2.05, 4.69) is 25.4 Å². The van der Waals surface area contributed by atoms with Crippen molar-refractivity contribution in [1.82, 2.24) is 14.7 Å². The van der Waals surface area contributed by atoms with Crippen LogP contribution in [0.5, 0.6) is 0 Å². The summed E-state index contributed by atoms with van der Waals surface area (Å²) >= 11 is 0. The zero-order valence-electron chi connectivity index (χ0n) is 10.4. The molecule has 1 aromatic heterocycles. The number of hydrogen-bond donors (Lipinski definition) is 4. The third kappa shape index (κ3) is 4.09. The summed E-state index contributed by atoms with van der Waals surface area (Å²) in [7, 11) is -3.23. The molecule has 9 heteroatoms. The largest absolute Gasteiger partial charge is 0.369 e. The van der Waals surface area contributed by atoms with Crippen LogP contribution in [0.15, 0.2) is 6.33 Å². The van der Waals surface area contributed by atoms with Crippen LogP contribution in [0.2, 0.25) is 0 Å². The van der Waals surface area contributed by atoms with Crippen LogP contribution in [0, 0.1) is 6.92 Å². The first-order valence-corrected chi connectivity index (χ1v) is 7.14. The Bertz CT molecular complexity index is 490. The smallest absolute Gasteiger partial charge is 0.213 e. The fourth-order valence-electron chi connectivity index (χ4n) is 1.37. The predicted octanol–water partition coefficient (Wildman–Crippen LogP) is -0.578. The fraction of sp³-hybridized carbons (Fsp3) is 0.556. The third-order valence-corrected chi connectivity index (χ3v) is 3.72. The van der Waals surface area contributed by atoms with Crippen molar-refractivity contribution in [2.75, 3.05) is 29.6 Å². The molecule has 8 nitrogen and oxygen atoms in total. The second-order valence-electron chi connectivity index (χ2n) is 3.58. The first-order valence-electron chi connectivity index (χ1n) is 5.49. The molecule has 1 aromatic rings. The van der Waals surface area contributed by atoms with Gasteiger partial charge in [-0.1, -0.05) is 6.92 Å². The van der Waals surface area contributed by atoms with Crippen molar-refractivity contribution in [2.24, 2.45) is 5.84 Å². The summed E-state index contributed by atoms with van der Waals surface area (Å²) in [6, 6.07) is 0. The van der Waals surface area contributed by atoms with Gasteiger partial charge in [-0.15, -0.1) is 0 Å². The van der Waals surface area contributed by atoms with Gasteiger partial charge in [-0.25, -0.2) is 29.0 Å². The van der Waals surface area contributed by atoms with E-state index in [9.17, 15) is 8.42 Å². The summed E-state index contributed by atoms with van der Waals surface area (Å²) in [5, 5.41) is 2.94. The highest BCUT2D eigenvalue weighted by molar-refractivity contribution is 7.89. The van der Waals surface area contributed by atoms with Crippen LogP contribution in [0.1, 0.15) is 12.5 Å². The van der Waals surface area contributed by atoms with Crippen molar-refractivity contribution in [2.45, 2.75) is 13.8 Å². The number of nitrogens with two attached hydrogens (primary N) is 1. The summed E-state index contributed by atoms with van der Waals surface area (Å²) in [6.07, 6.45) is 1.35. The number of anilines is 2. The number of aromatic nitrogens is 2. The molecule has 0 aliphatic rings. The van der Waals surface area contributed by atoms with Gasteiger partial charge in [-0.2, -0.15) is 0 Å². The Morgan fingerprint density at radius 1 is 1.33 bits per heavy atom. The Kier molecular flexibility index (Phi) is 5.25. The molecule has 0 radical (unpaired) electrons. The molecular weight excluding hydrogens is 256 g/mol. The average molecular weight is 274 g/mol. The predicted molar refractivity (Wildman–Crippen MR) is 70.5 cm³/mol. The minimum atomic E-state index is -3.23. The SMILES string of the molecule is CCNS(=O)(=O)CCNc1ncnc(NN)c1C. The molecule has 0 unspecified atom stereocenters. The molecule has 0 aliphatic carbocycles. The van der Waals surface area contributed by atoms with Crippen LogP contribution in [0.3, 0.4) is 0 Å². The van der Waals surface area contributed by atoms with Crippen molar-refractivity contribution >= 4 is 21.7 Å². The monoisotopic (exact) mass is 274 g/mol. The van der Waals surface area contributed by atoms with Crippen molar-refractivity contribution in [3.63, 3.8) is 0 Å². The molecule has 18 heavy (non-hydrogen) atoms. The highest BCUT2D eigenvalue weighted by Crippen LogP contribution is 2.16. The molecule has 0 spiro atoms. The Morgan fingerprint density at radius 2 is 2.00 bits per heavy atom. The molecule has 0 fully saturated rings. The van der Waals surface area contributed by atoms with Gasteiger partial charge in [0.15, 0.2) is 0 Å². The fourth-order valence-corrected chi connectivity index (χ4v) is 2.32. The zero-order valence-corrected chi connectivity index (χ0v) is 11.2. The second-order valence-corrected chi connectivity index (χ2v) is 5.51. The molecule has 1 rings (SSSR count). The maximum Gasteiger partial charge on any atom is 0.213 e. The molecule has 0 atom stereocenters. The molecule has 0 bridgehead atoms. The Labute approximate surface area is 106 Å². The van der Waals surface area contributed by atoms with E-state index in [4.69, 9.17) is 5.84 Å². The van der Waals surface area contributed by atoms with Crippen LogP contribution >= 0.6 is 0 Å². The molecule has 0 aliphatic heterocycles. The van der Waals surface area contributed by atoms with Crippen molar-refractivity contribution in [1.29, 1.82) is 0 Å². The van der Waals surface area contributed by atoms with E-state index in [-0.39, 0.29) is 12.3 Å². The molecule has 1 heterocycles. The second kappa shape index (κ2) is 6.47. The molecular formula is C9H18N6O2S. The number of nitrogens with one attached hydrogen (secondary N) is 3. The minimum absolute atomic E-state index is 0.0182. The van der Waals surface area contributed by atoms with E-state index in [1.54, 1.807) is 13.8 Å². The number of rotatable bonds is 7.